The van der Waals surface area contributed by atoms with Gasteiger partial charge in [-0.3, -0.25) is 14.4 Å². The third-order valence-corrected chi connectivity index (χ3v) is 13.5. The molecule has 1 rings (SSSR count). The topological polar surface area (TPSA) is 175 Å². The molecular weight excluding hydrogens is 1020 g/mol. The maximum atomic E-state index is 13.2. The number of unbranched alkanes of at least 4 members (excludes halogenated alkanes) is 18. The summed E-state index contributed by atoms with van der Waals surface area (Å²) < 4.78 is 28.5. The van der Waals surface area contributed by atoms with Crippen molar-refractivity contribution in [2.75, 3.05) is 13.2 Å². The molecule has 1 saturated heterocycles. The number of ether oxygens (including phenoxy) is 5. The third kappa shape index (κ3) is 45.3. The van der Waals surface area contributed by atoms with Crippen LogP contribution in [0.15, 0.2) is 122 Å². The molecule has 1 fully saturated rings. The number of hydrogen-bond acceptors (Lipinski definition) is 11. The Kier molecular flexibility index (Phi) is 50.9. The molecule has 458 valence electrons. The van der Waals surface area contributed by atoms with Crippen molar-refractivity contribution < 1.29 is 58.2 Å². The lowest BCUT2D eigenvalue weighted by Crippen LogP contribution is -2.61. The first-order chi connectivity index (χ1) is 39.6. The average molecular weight is 1130 g/mol. The van der Waals surface area contributed by atoms with Crippen molar-refractivity contribution in [2.24, 2.45) is 0 Å². The highest BCUT2D eigenvalue weighted by molar-refractivity contribution is 5.74. The number of carbonyl (C=O) groups is 4. The van der Waals surface area contributed by atoms with E-state index in [2.05, 4.69) is 142 Å². The molecule has 0 bridgehead atoms. The van der Waals surface area contributed by atoms with E-state index in [0.717, 1.165) is 180 Å². The largest absolute Gasteiger partial charge is 0.479 e. The smallest absolute Gasteiger partial charge is 0.335 e. The molecule has 0 aromatic heterocycles. The van der Waals surface area contributed by atoms with Crippen LogP contribution in [0.5, 0.6) is 0 Å². The van der Waals surface area contributed by atoms with Crippen LogP contribution in [-0.2, 0) is 42.9 Å². The molecule has 0 spiro atoms. The molecule has 1 aliphatic heterocycles. The van der Waals surface area contributed by atoms with E-state index in [4.69, 9.17) is 23.7 Å². The third-order valence-electron chi connectivity index (χ3n) is 13.5. The summed E-state index contributed by atoms with van der Waals surface area (Å²) in [5.41, 5.74) is 0. The minimum atomic E-state index is -1.92. The van der Waals surface area contributed by atoms with Gasteiger partial charge in [0.25, 0.3) is 0 Å². The highest BCUT2D eigenvalue weighted by Gasteiger charge is 2.50. The highest BCUT2D eigenvalue weighted by Crippen LogP contribution is 2.26. The first kappa shape index (κ1) is 74.1. The maximum Gasteiger partial charge on any atom is 0.335 e. The minimum Gasteiger partial charge on any atom is -0.479 e. The molecule has 6 atom stereocenters. The van der Waals surface area contributed by atoms with Crippen molar-refractivity contribution in [3.63, 3.8) is 0 Å². The minimum absolute atomic E-state index is 0.0350. The Balaban J connectivity index is 2.68. The van der Waals surface area contributed by atoms with Crippen LogP contribution in [0.25, 0.3) is 0 Å². The molecule has 1 aliphatic rings. The lowest BCUT2D eigenvalue weighted by molar-refractivity contribution is -0.301. The van der Waals surface area contributed by atoms with E-state index < -0.39 is 67.3 Å². The van der Waals surface area contributed by atoms with Crippen molar-refractivity contribution in [3.05, 3.63) is 122 Å². The number of aliphatic carboxylic acids is 1. The molecule has 0 aliphatic carbocycles. The summed E-state index contributed by atoms with van der Waals surface area (Å²) in [6, 6.07) is 0. The number of carbonyl (C=O) groups excluding carboxylic acids is 3. The Bertz CT molecular complexity index is 1870. The summed E-state index contributed by atoms with van der Waals surface area (Å²) in [5, 5.41) is 31.6. The van der Waals surface area contributed by atoms with E-state index in [9.17, 15) is 34.5 Å². The van der Waals surface area contributed by atoms with Crippen molar-refractivity contribution in [1.82, 2.24) is 0 Å². The summed E-state index contributed by atoms with van der Waals surface area (Å²) in [6.07, 6.45) is 64.4. The molecule has 12 nitrogen and oxygen atoms in total. The Morgan fingerprint density at radius 1 is 0.420 bits per heavy atom. The lowest BCUT2D eigenvalue weighted by atomic mass is 9.98. The first-order valence-electron chi connectivity index (χ1n) is 31.5. The summed E-state index contributed by atoms with van der Waals surface area (Å²) in [5.74, 6) is -3.19. The fraction of sp³-hybridized carbons (Fsp3) is 0.652. The van der Waals surface area contributed by atoms with Crippen molar-refractivity contribution >= 4 is 23.9 Å². The number of hydrogen-bond donors (Lipinski definition) is 3. The second kappa shape index (κ2) is 55.6. The summed E-state index contributed by atoms with van der Waals surface area (Å²) in [7, 11) is 0. The molecule has 81 heavy (non-hydrogen) atoms. The van der Waals surface area contributed by atoms with Gasteiger partial charge >= 0.3 is 23.9 Å². The SMILES string of the molecule is CC/C=C\C/C=C\C/C=C\C/C=C\CCCCCCCCC(=O)OCC(COC1OC(C(=O)O)C(O)C(O)C1OC(=O)CCCCCCCC/C=C\C/C=C\C/C=C\C/C=C\CC)OC(=O)CCCCCCC/C=C\C/C=C\CCC. The summed E-state index contributed by atoms with van der Waals surface area (Å²) >= 11 is 0. The van der Waals surface area contributed by atoms with E-state index in [1.165, 1.54) is 0 Å². The normalized spacial score (nSPS) is 18.6. The van der Waals surface area contributed by atoms with Crippen LogP contribution in [0.3, 0.4) is 0 Å². The van der Waals surface area contributed by atoms with E-state index in [1.54, 1.807) is 0 Å². The van der Waals surface area contributed by atoms with E-state index in [-0.39, 0.29) is 25.9 Å². The van der Waals surface area contributed by atoms with Crippen molar-refractivity contribution in [3.8, 4) is 0 Å². The molecule has 12 heteroatoms. The standard InChI is InChI=1S/C69H110O12/c1-4-7-10-13-16-19-22-25-27-29-31-33-35-38-40-43-46-49-52-55-61(70)77-58-60(79-62(71)56-53-50-47-44-41-37-24-21-18-15-12-9-6-3)59-78-69-67(65(74)64(73)66(81-69)68(75)76)80-63(72)57-54-51-48-45-42-39-36-34-32-30-28-26-23-20-17-14-11-8-5-2/h7-8,10-12,15-17,19-21,24-28,31-34,60,64-67,69,73-74H,4-6,9,13-14,18,22-23,29-30,35-59H2,1-3H3,(H,75,76)/b10-7-,11-8-,15-12-,19-16-,20-17-,24-21-,27-25-,28-26-,33-31-,34-32-. The Hall–Kier alpha value is -4.88. The zero-order chi connectivity index (χ0) is 58.9. The van der Waals surface area contributed by atoms with Crippen LogP contribution < -0.4 is 0 Å². The molecule has 6 unspecified atom stereocenters. The quantitative estimate of drug-likeness (QED) is 0.0228. The number of aliphatic hydroxyl groups excluding tert-OH is 2. The highest BCUT2D eigenvalue weighted by atomic mass is 16.7. The molecule has 1 heterocycles. The molecule has 3 N–H and O–H groups in total. The fourth-order valence-electron chi connectivity index (χ4n) is 8.74. The van der Waals surface area contributed by atoms with Gasteiger partial charge in [0.05, 0.1) is 6.61 Å². The Morgan fingerprint density at radius 2 is 0.778 bits per heavy atom. The van der Waals surface area contributed by atoms with Gasteiger partial charge in [-0.15, -0.1) is 0 Å². The predicted molar refractivity (Wildman–Crippen MR) is 330 cm³/mol. The van der Waals surface area contributed by atoms with Crippen LogP contribution in [0.2, 0.25) is 0 Å². The van der Waals surface area contributed by atoms with Crippen LogP contribution in [-0.4, -0.2) is 89.2 Å². The van der Waals surface area contributed by atoms with E-state index >= 15 is 0 Å². The van der Waals surface area contributed by atoms with Gasteiger partial charge in [0.1, 0.15) is 18.8 Å². The Morgan fingerprint density at radius 3 is 1.19 bits per heavy atom. The number of carboxylic acids is 1. The number of rotatable bonds is 52. The first-order valence-corrected chi connectivity index (χ1v) is 31.5. The van der Waals surface area contributed by atoms with Gasteiger partial charge in [-0.05, 0) is 122 Å². The van der Waals surface area contributed by atoms with Crippen molar-refractivity contribution in [1.29, 1.82) is 0 Å². The molecule has 0 aromatic carbocycles. The second-order valence-corrected chi connectivity index (χ2v) is 20.9. The second-order valence-electron chi connectivity index (χ2n) is 20.9. The Labute approximate surface area is 490 Å². The molecule has 0 radical (unpaired) electrons. The van der Waals surface area contributed by atoms with E-state index in [0.29, 0.717) is 19.3 Å². The van der Waals surface area contributed by atoms with Gasteiger partial charge in [0.2, 0.25) is 0 Å². The monoisotopic (exact) mass is 1130 g/mol. The van der Waals surface area contributed by atoms with Gasteiger partial charge in [-0.2, -0.15) is 0 Å². The van der Waals surface area contributed by atoms with Crippen LogP contribution in [0, 0.1) is 0 Å². The maximum absolute atomic E-state index is 13.2. The predicted octanol–water partition coefficient (Wildman–Crippen LogP) is 16.8. The summed E-state index contributed by atoms with van der Waals surface area (Å²) in [6.45, 7) is 5.68. The van der Waals surface area contributed by atoms with Gasteiger partial charge in [-0.1, -0.05) is 219 Å². The fourth-order valence-corrected chi connectivity index (χ4v) is 8.74. The van der Waals surface area contributed by atoms with Crippen LogP contribution >= 0.6 is 0 Å². The number of allylic oxidation sites excluding steroid dienone is 20. The zero-order valence-corrected chi connectivity index (χ0v) is 50.5. The van der Waals surface area contributed by atoms with Crippen molar-refractivity contribution in [2.45, 2.75) is 276 Å². The number of esters is 3. The van der Waals surface area contributed by atoms with Gasteiger partial charge in [-0.25, -0.2) is 4.79 Å². The van der Waals surface area contributed by atoms with Gasteiger partial charge in [0.15, 0.2) is 24.6 Å². The zero-order valence-electron chi connectivity index (χ0n) is 50.5. The molecule has 0 saturated carbocycles. The van der Waals surface area contributed by atoms with Crippen LogP contribution in [0.1, 0.15) is 239 Å². The number of aliphatic hydroxyl groups is 2. The van der Waals surface area contributed by atoms with Gasteiger partial charge < -0.3 is 39.0 Å². The van der Waals surface area contributed by atoms with E-state index in [1.807, 2.05) is 0 Å². The average Bonchev–Trinajstić information content (AvgIpc) is 3.45. The lowest BCUT2D eigenvalue weighted by Gasteiger charge is -2.40. The summed E-state index contributed by atoms with van der Waals surface area (Å²) in [4.78, 5) is 51.3. The molecular formula is C69H110O12. The molecule has 0 aromatic rings. The van der Waals surface area contributed by atoms with Gasteiger partial charge in [0, 0.05) is 19.3 Å². The molecule has 0 amide bonds. The van der Waals surface area contributed by atoms with Crippen LogP contribution in [0.4, 0.5) is 0 Å². The number of carboxylic acid groups (broad SMARTS) is 1.